The van der Waals surface area contributed by atoms with Crippen LogP contribution < -0.4 is 0 Å². The van der Waals surface area contributed by atoms with Gasteiger partial charge in [-0.15, -0.1) is 0 Å². The molecule has 0 amide bonds. The number of fused-ring (bicyclic) bond motifs is 2. The molecule has 2 atom stereocenters. The van der Waals surface area contributed by atoms with Crippen molar-refractivity contribution in [3.05, 3.63) is 96.1 Å². The van der Waals surface area contributed by atoms with Gasteiger partial charge in [0.25, 0.3) is 0 Å². The van der Waals surface area contributed by atoms with Gasteiger partial charge in [-0.3, -0.25) is 4.79 Å². The van der Waals surface area contributed by atoms with E-state index in [0.29, 0.717) is 18.6 Å². The molecule has 4 aromatic rings. The Morgan fingerprint density at radius 1 is 0.607 bits per heavy atom. The van der Waals surface area contributed by atoms with E-state index in [1.165, 1.54) is 32.7 Å². The zero-order chi connectivity index (χ0) is 19.5. The quantitative estimate of drug-likeness (QED) is 0.351. The van der Waals surface area contributed by atoms with Crippen molar-refractivity contribution in [2.24, 2.45) is 0 Å². The number of hydrogen-bond donors (Lipinski definition) is 0. The van der Waals surface area contributed by atoms with Crippen LogP contribution in [0.4, 0.5) is 0 Å². The van der Waals surface area contributed by atoms with Gasteiger partial charge in [-0.1, -0.05) is 98.8 Å². The first-order valence-corrected chi connectivity index (χ1v) is 10.1. The lowest BCUT2D eigenvalue weighted by molar-refractivity contribution is -0.119. The van der Waals surface area contributed by atoms with E-state index < -0.39 is 0 Å². The van der Waals surface area contributed by atoms with Gasteiger partial charge in [0, 0.05) is 12.8 Å². The minimum absolute atomic E-state index is 0.221. The summed E-state index contributed by atoms with van der Waals surface area (Å²) >= 11 is 0. The SMILES string of the molecule is CC(CC(=O)CC(C)c1cccc2ccccc12)c1cccc2ccccc12. The maximum atomic E-state index is 12.9. The number of benzene rings is 4. The van der Waals surface area contributed by atoms with E-state index in [9.17, 15) is 4.79 Å². The van der Waals surface area contributed by atoms with Crippen molar-refractivity contribution in [2.75, 3.05) is 0 Å². The first-order valence-electron chi connectivity index (χ1n) is 10.1. The summed E-state index contributed by atoms with van der Waals surface area (Å²) in [5, 5.41) is 4.99. The molecule has 0 bridgehead atoms. The van der Waals surface area contributed by atoms with Crippen LogP contribution in [0.25, 0.3) is 21.5 Å². The van der Waals surface area contributed by atoms with Crippen LogP contribution in [0.1, 0.15) is 49.7 Å². The standard InChI is InChI=1S/C27H26O/c1-19(24-15-7-11-21-9-3-5-13-26(21)24)17-23(28)18-20(2)25-16-8-12-22-10-4-6-14-27(22)25/h3-16,19-20H,17-18H2,1-2H3. The first kappa shape index (κ1) is 18.4. The molecule has 4 aromatic carbocycles. The zero-order valence-electron chi connectivity index (χ0n) is 16.6. The summed E-state index contributed by atoms with van der Waals surface area (Å²) in [6.45, 7) is 4.34. The number of Topliss-reactive ketones (excluding diaryl/α,β-unsaturated/α-hetero) is 1. The summed E-state index contributed by atoms with van der Waals surface area (Å²) in [4.78, 5) is 12.9. The number of rotatable bonds is 6. The second-order valence-corrected chi connectivity index (χ2v) is 7.89. The molecule has 140 valence electrons. The van der Waals surface area contributed by atoms with Crippen molar-refractivity contribution < 1.29 is 4.79 Å². The molecule has 28 heavy (non-hydrogen) atoms. The van der Waals surface area contributed by atoms with E-state index in [1.807, 2.05) is 0 Å². The molecule has 0 spiro atoms. The molecule has 0 fully saturated rings. The number of ketones is 1. The molecule has 0 aliphatic rings. The summed E-state index contributed by atoms with van der Waals surface area (Å²) in [5.74, 6) is 0.775. The van der Waals surface area contributed by atoms with Crippen molar-refractivity contribution in [3.8, 4) is 0 Å². The third-order valence-electron chi connectivity index (χ3n) is 5.78. The highest BCUT2D eigenvalue weighted by Crippen LogP contribution is 2.31. The van der Waals surface area contributed by atoms with Gasteiger partial charge in [0.05, 0.1) is 0 Å². The Hall–Kier alpha value is -2.93. The van der Waals surface area contributed by atoms with Crippen LogP contribution in [-0.2, 0) is 4.79 Å². The fourth-order valence-electron chi connectivity index (χ4n) is 4.35. The van der Waals surface area contributed by atoms with Crippen LogP contribution >= 0.6 is 0 Å². The highest BCUT2D eigenvalue weighted by Gasteiger charge is 2.18. The van der Waals surface area contributed by atoms with Gasteiger partial charge in [0.1, 0.15) is 5.78 Å². The molecule has 0 saturated heterocycles. The summed E-state index contributed by atoms with van der Waals surface area (Å²) < 4.78 is 0. The van der Waals surface area contributed by atoms with E-state index in [0.717, 1.165) is 0 Å². The molecule has 2 unspecified atom stereocenters. The second-order valence-electron chi connectivity index (χ2n) is 7.89. The predicted molar refractivity (Wildman–Crippen MR) is 119 cm³/mol. The van der Waals surface area contributed by atoms with Gasteiger partial charge < -0.3 is 0 Å². The second kappa shape index (κ2) is 7.98. The summed E-state index contributed by atoms with van der Waals surface area (Å²) in [5.41, 5.74) is 2.54. The van der Waals surface area contributed by atoms with Crippen molar-refractivity contribution in [2.45, 2.75) is 38.5 Å². The highest BCUT2D eigenvalue weighted by molar-refractivity contribution is 5.89. The minimum Gasteiger partial charge on any atom is -0.300 e. The van der Waals surface area contributed by atoms with Crippen molar-refractivity contribution in [1.82, 2.24) is 0 Å². The molecule has 0 N–H and O–H groups in total. The van der Waals surface area contributed by atoms with Gasteiger partial charge >= 0.3 is 0 Å². The number of hydrogen-bond acceptors (Lipinski definition) is 1. The highest BCUT2D eigenvalue weighted by atomic mass is 16.1. The van der Waals surface area contributed by atoms with Gasteiger partial charge in [-0.05, 0) is 44.5 Å². The van der Waals surface area contributed by atoms with E-state index in [2.05, 4.69) is 98.8 Å². The molecular weight excluding hydrogens is 340 g/mol. The van der Waals surface area contributed by atoms with E-state index in [-0.39, 0.29) is 11.8 Å². The van der Waals surface area contributed by atoms with Crippen molar-refractivity contribution in [3.63, 3.8) is 0 Å². The Bertz CT molecular complexity index is 1030. The molecule has 1 heteroatoms. The lowest BCUT2D eigenvalue weighted by Crippen LogP contribution is -2.09. The van der Waals surface area contributed by atoms with Crippen LogP contribution in [-0.4, -0.2) is 5.78 Å². The van der Waals surface area contributed by atoms with Crippen molar-refractivity contribution in [1.29, 1.82) is 0 Å². The van der Waals surface area contributed by atoms with Crippen LogP contribution in [0.15, 0.2) is 84.9 Å². The Balaban J connectivity index is 1.50. The van der Waals surface area contributed by atoms with Crippen molar-refractivity contribution >= 4 is 27.3 Å². The fourth-order valence-corrected chi connectivity index (χ4v) is 4.35. The zero-order valence-corrected chi connectivity index (χ0v) is 16.6. The molecule has 0 heterocycles. The minimum atomic E-state index is 0.221. The number of carbonyl (C=O) groups excluding carboxylic acids is 1. The monoisotopic (exact) mass is 366 g/mol. The van der Waals surface area contributed by atoms with Gasteiger partial charge in [0.2, 0.25) is 0 Å². The Morgan fingerprint density at radius 2 is 1.00 bits per heavy atom. The van der Waals surface area contributed by atoms with Gasteiger partial charge in [-0.2, -0.15) is 0 Å². The lowest BCUT2D eigenvalue weighted by Gasteiger charge is -2.17. The largest absolute Gasteiger partial charge is 0.300 e. The third-order valence-corrected chi connectivity index (χ3v) is 5.78. The molecule has 0 aliphatic carbocycles. The summed E-state index contributed by atoms with van der Waals surface area (Å²) in [7, 11) is 0. The predicted octanol–water partition coefficient (Wildman–Crippen LogP) is 7.25. The summed E-state index contributed by atoms with van der Waals surface area (Å²) in [6.07, 6.45) is 1.17. The molecule has 0 saturated carbocycles. The first-order chi connectivity index (χ1) is 13.6. The molecular formula is C27H26O. The molecule has 0 radical (unpaired) electrons. The maximum Gasteiger partial charge on any atom is 0.134 e. The fraction of sp³-hybridized carbons (Fsp3) is 0.222. The normalized spacial score (nSPS) is 13.5. The van der Waals surface area contributed by atoms with Gasteiger partial charge in [0.15, 0.2) is 0 Å². The molecule has 0 aliphatic heterocycles. The molecule has 1 nitrogen and oxygen atoms in total. The molecule has 4 rings (SSSR count). The average molecular weight is 367 g/mol. The van der Waals surface area contributed by atoms with E-state index >= 15 is 0 Å². The Morgan fingerprint density at radius 3 is 1.46 bits per heavy atom. The lowest BCUT2D eigenvalue weighted by atomic mass is 9.86. The van der Waals surface area contributed by atoms with Crippen LogP contribution in [0, 0.1) is 0 Å². The van der Waals surface area contributed by atoms with Crippen LogP contribution in [0.3, 0.4) is 0 Å². The summed E-state index contributed by atoms with van der Waals surface area (Å²) in [6, 6.07) is 29.6. The smallest absolute Gasteiger partial charge is 0.134 e. The number of carbonyl (C=O) groups is 1. The van der Waals surface area contributed by atoms with Crippen LogP contribution in [0.2, 0.25) is 0 Å². The topological polar surface area (TPSA) is 17.1 Å². The third kappa shape index (κ3) is 3.71. The Kier molecular flexibility index (Phi) is 5.25. The van der Waals surface area contributed by atoms with E-state index in [1.54, 1.807) is 0 Å². The van der Waals surface area contributed by atoms with Crippen LogP contribution in [0.5, 0.6) is 0 Å². The van der Waals surface area contributed by atoms with Gasteiger partial charge in [-0.25, -0.2) is 0 Å². The molecule has 0 aromatic heterocycles. The Labute approximate surface area is 167 Å². The van der Waals surface area contributed by atoms with E-state index in [4.69, 9.17) is 0 Å². The maximum absolute atomic E-state index is 12.9. The average Bonchev–Trinajstić information content (AvgIpc) is 2.72.